The molecule has 4 nitrogen and oxygen atoms in total. The molecule has 0 saturated carbocycles. The van der Waals surface area contributed by atoms with Crippen LogP contribution in [-0.4, -0.2) is 30.3 Å². The number of rotatable bonds is 7. The number of carboxylic acids is 1. The number of nitrogens with one attached hydrogen (secondary N) is 1. The van der Waals surface area contributed by atoms with Crippen LogP contribution in [0.25, 0.3) is 0 Å². The van der Waals surface area contributed by atoms with Gasteiger partial charge in [0.05, 0.1) is 6.10 Å². The topological polar surface area (TPSA) is 58.6 Å². The molecule has 0 aliphatic carbocycles. The minimum atomic E-state index is -0.959. The van der Waals surface area contributed by atoms with Crippen LogP contribution in [0.1, 0.15) is 30.6 Å². The second-order valence-corrected chi connectivity index (χ2v) is 3.87. The molecule has 0 heterocycles. The van der Waals surface area contributed by atoms with Crippen molar-refractivity contribution in [3.8, 4) is 5.75 Å². The van der Waals surface area contributed by atoms with Crippen molar-refractivity contribution in [2.75, 3.05) is 13.1 Å². The molecule has 17 heavy (non-hydrogen) atoms. The number of ether oxygens (including phenoxy) is 1. The number of para-hydroxylation sites is 1. The van der Waals surface area contributed by atoms with Gasteiger partial charge in [0.25, 0.3) is 0 Å². The molecular formula is C13H19NO3. The first kappa shape index (κ1) is 13.5. The van der Waals surface area contributed by atoms with Crippen LogP contribution in [0.2, 0.25) is 0 Å². The van der Waals surface area contributed by atoms with E-state index in [4.69, 9.17) is 9.84 Å². The van der Waals surface area contributed by atoms with E-state index < -0.39 is 5.97 Å². The summed E-state index contributed by atoms with van der Waals surface area (Å²) < 4.78 is 5.63. The van der Waals surface area contributed by atoms with Gasteiger partial charge < -0.3 is 15.2 Å². The number of carboxylic acid groups (broad SMARTS) is 1. The van der Waals surface area contributed by atoms with Crippen molar-refractivity contribution in [3.05, 3.63) is 29.8 Å². The fourth-order valence-electron chi connectivity index (χ4n) is 1.50. The highest BCUT2D eigenvalue weighted by Gasteiger charge is 2.12. The summed E-state index contributed by atoms with van der Waals surface area (Å²) in [6.07, 6.45) is 0.844. The number of aromatic carboxylic acids is 1. The van der Waals surface area contributed by atoms with Gasteiger partial charge in [0.1, 0.15) is 11.3 Å². The van der Waals surface area contributed by atoms with Gasteiger partial charge in [0, 0.05) is 0 Å². The van der Waals surface area contributed by atoms with Crippen molar-refractivity contribution >= 4 is 5.97 Å². The Morgan fingerprint density at radius 2 is 2.18 bits per heavy atom. The van der Waals surface area contributed by atoms with Crippen LogP contribution in [0, 0.1) is 0 Å². The van der Waals surface area contributed by atoms with Crippen LogP contribution in [0.15, 0.2) is 24.3 Å². The fourth-order valence-corrected chi connectivity index (χ4v) is 1.50. The first-order valence-electron chi connectivity index (χ1n) is 5.84. The highest BCUT2D eigenvalue weighted by Crippen LogP contribution is 2.19. The summed E-state index contributed by atoms with van der Waals surface area (Å²) in [7, 11) is 0. The van der Waals surface area contributed by atoms with Crippen molar-refractivity contribution in [1.29, 1.82) is 0 Å². The lowest BCUT2D eigenvalue weighted by atomic mass is 10.2. The zero-order chi connectivity index (χ0) is 12.7. The Morgan fingerprint density at radius 1 is 1.47 bits per heavy atom. The molecule has 4 heteroatoms. The molecule has 0 aliphatic heterocycles. The smallest absolute Gasteiger partial charge is 0.339 e. The first-order chi connectivity index (χ1) is 8.15. The highest BCUT2D eigenvalue weighted by molar-refractivity contribution is 5.90. The third-order valence-electron chi connectivity index (χ3n) is 2.42. The third kappa shape index (κ3) is 4.44. The van der Waals surface area contributed by atoms with E-state index in [-0.39, 0.29) is 11.7 Å². The van der Waals surface area contributed by atoms with Crippen molar-refractivity contribution in [2.45, 2.75) is 26.4 Å². The fraction of sp³-hybridized carbons (Fsp3) is 0.462. The molecule has 1 atom stereocenters. The van der Waals surface area contributed by atoms with Crippen LogP contribution in [-0.2, 0) is 0 Å². The lowest BCUT2D eigenvalue weighted by Gasteiger charge is -2.16. The molecule has 0 fully saturated rings. The highest BCUT2D eigenvalue weighted by atomic mass is 16.5. The predicted molar refractivity (Wildman–Crippen MR) is 66.7 cm³/mol. The average molecular weight is 237 g/mol. The van der Waals surface area contributed by atoms with Gasteiger partial charge in [-0.1, -0.05) is 19.1 Å². The van der Waals surface area contributed by atoms with E-state index in [0.29, 0.717) is 5.75 Å². The molecule has 1 unspecified atom stereocenters. The molecule has 0 amide bonds. The van der Waals surface area contributed by atoms with E-state index >= 15 is 0 Å². The lowest BCUT2D eigenvalue weighted by Crippen LogP contribution is -2.22. The summed E-state index contributed by atoms with van der Waals surface area (Å²) in [4.78, 5) is 11.0. The number of hydrogen-bond acceptors (Lipinski definition) is 3. The summed E-state index contributed by atoms with van der Waals surface area (Å²) >= 11 is 0. The zero-order valence-corrected chi connectivity index (χ0v) is 10.3. The average Bonchev–Trinajstić information content (AvgIpc) is 2.29. The van der Waals surface area contributed by atoms with Gasteiger partial charge in [-0.15, -0.1) is 0 Å². The molecule has 94 valence electrons. The molecule has 0 aliphatic rings. The van der Waals surface area contributed by atoms with Gasteiger partial charge >= 0.3 is 5.97 Å². The second kappa shape index (κ2) is 6.91. The Morgan fingerprint density at radius 3 is 2.82 bits per heavy atom. The number of benzene rings is 1. The molecule has 2 N–H and O–H groups in total. The summed E-state index contributed by atoms with van der Waals surface area (Å²) in [6, 6.07) is 6.71. The minimum absolute atomic E-state index is 0.00505. The molecule has 0 bridgehead atoms. The van der Waals surface area contributed by atoms with Gasteiger partial charge in [-0.05, 0) is 38.6 Å². The first-order valence-corrected chi connectivity index (χ1v) is 5.84. The Balaban J connectivity index is 2.58. The normalized spacial score (nSPS) is 12.1. The van der Waals surface area contributed by atoms with E-state index in [1.54, 1.807) is 24.3 Å². The van der Waals surface area contributed by atoms with Gasteiger partial charge in [0.15, 0.2) is 0 Å². The lowest BCUT2D eigenvalue weighted by molar-refractivity contribution is 0.0689. The van der Waals surface area contributed by atoms with E-state index in [0.717, 1.165) is 19.5 Å². The van der Waals surface area contributed by atoms with Crippen molar-refractivity contribution in [3.63, 3.8) is 0 Å². The van der Waals surface area contributed by atoms with E-state index in [2.05, 4.69) is 5.32 Å². The van der Waals surface area contributed by atoms with Gasteiger partial charge in [-0.2, -0.15) is 0 Å². The molecular weight excluding hydrogens is 218 g/mol. The van der Waals surface area contributed by atoms with Crippen molar-refractivity contribution in [2.24, 2.45) is 0 Å². The summed E-state index contributed by atoms with van der Waals surface area (Å²) in [5, 5.41) is 12.2. The SMILES string of the molecule is CCNCCC(C)Oc1ccccc1C(=O)O. The Hall–Kier alpha value is -1.55. The number of hydrogen-bond donors (Lipinski definition) is 2. The maximum atomic E-state index is 11.0. The molecule has 0 spiro atoms. The van der Waals surface area contributed by atoms with Crippen LogP contribution < -0.4 is 10.1 Å². The Labute approximate surface area is 102 Å². The zero-order valence-electron chi connectivity index (χ0n) is 10.3. The van der Waals surface area contributed by atoms with Crippen LogP contribution in [0.3, 0.4) is 0 Å². The standard InChI is InChI=1S/C13H19NO3/c1-3-14-9-8-10(2)17-12-7-5-4-6-11(12)13(15)16/h4-7,10,14H,3,8-9H2,1-2H3,(H,15,16). The van der Waals surface area contributed by atoms with E-state index in [9.17, 15) is 4.79 Å². The summed E-state index contributed by atoms with van der Waals surface area (Å²) in [6.45, 7) is 5.78. The summed E-state index contributed by atoms with van der Waals surface area (Å²) in [5.41, 5.74) is 0.211. The monoisotopic (exact) mass is 237 g/mol. The van der Waals surface area contributed by atoms with Gasteiger partial charge in [-0.3, -0.25) is 0 Å². The van der Waals surface area contributed by atoms with Crippen LogP contribution in [0.4, 0.5) is 0 Å². The number of carbonyl (C=O) groups is 1. The minimum Gasteiger partial charge on any atom is -0.490 e. The van der Waals surface area contributed by atoms with Crippen molar-refractivity contribution in [1.82, 2.24) is 5.32 Å². The van der Waals surface area contributed by atoms with E-state index in [1.807, 2.05) is 13.8 Å². The maximum Gasteiger partial charge on any atom is 0.339 e. The predicted octanol–water partition coefficient (Wildman–Crippen LogP) is 2.15. The molecule has 0 saturated heterocycles. The Bertz CT molecular complexity index is 365. The molecule has 1 aromatic rings. The second-order valence-electron chi connectivity index (χ2n) is 3.87. The van der Waals surface area contributed by atoms with E-state index in [1.165, 1.54) is 0 Å². The quantitative estimate of drug-likeness (QED) is 0.713. The van der Waals surface area contributed by atoms with Crippen LogP contribution in [0.5, 0.6) is 5.75 Å². The Kier molecular flexibility index (Phi) is 5.49. The van der Waals surface area contributed by atoms with Crippen LogP contribution >= 0.6 is 0 Å². The molecule has 1 aromatic carbocycles. The third-order valence-corrected chi connectivity index (χ3v) is 2.42. The van der Waals surface area contributed by atoms with Gasteiger partial charge in [0.2, 0.25) is 0 Å². The van der Waals surface area contributed by atoms with Crippen molar-refractivity contribution < 1.29 is 14.6 Å². The van der Waals surface area contributed by atoms with Gasteiger partial charge in [-0.25, -0.2) is 4.79 Å². The summed E-state index contributed by atoms with van der Waals surface area (Å²) in [5.74, 6) is -0.525. The molecule has 0 radical (unpaired) electrons. The molecule has 0 aromatic heterocycles. The largest absolute Gasteiger partial charge is 0.490 e. The molecule has 1 rings (SSSR count). The maximum absolute atomic E-state index is 11.0.